The summed E-state index contributed by atoms with van der Waals surface area (Å²) in [6.07, 6.45) is 1.09. The van der Waals surface area contributed by atoms with Gasteiger partial charge in [0.15, 0.2) is 0 Å². The van der Waals surface area contributed by atoms with Crippen LogP contribution in [0.3, 0.4) is 0 Å². The van der Waals surface area contributed by atoms with E-state index in [2.05, 4.69) is 38.2 Å². The van der Waals surface area contributed by atoms with Gasteiger partial charge in [-0.3, -0.25) is 9.10 Å². The topological polar surface area (TPSA) is 75.7 Å². The van der Waals surface area contributed by atoms with Crippen LogP contribution >= 0.6 is 0 Å². The quantitative estimate of drug-likeness (QED) is 0.717. The van der Waals surface area contributed by atoms with Crippen LogP contribution in [0.15, 0.2) is 48.5 Å². The number of hydrogen-bond acceptors (Lipinski definition) is 4. The van der Waals surface area contributed by atoms with Gasteiger partial charge in [-0.2, -0.15) is 0 Å². The largest absolute Gasteiger partial charge is 0.497 e. The number of carbonyl (C=O) groups excluding carboxylic acids is 1. The van der Waals surface area contributed by atoms with Crippen LogP contribution in [0.25, 0.3) is 0 Å². The van der Waals surface area contributed by atoms with Crippen molar-refractivity contribution in [1.82, 2.24) is 5.32 Å². The van der Waals surface area contributed by atoms with Gasteiger partial charge < -0.3 is 10.1 Å². The molecule has 0 spiro atoms. The monoisotopic (exact) mass is 432 g/mol. The van der Waals surface area contributed by atoms with Crippen molar-refractivity contribution in [1.29, 1.82) is 0 Å². The minimum absolute atomic E-state index is 0.0495. The van der Waals surface area contributed by atoms with Crippen molar-refractivity contribution in [3.05, 3.63) is 59.7 Å². The van der Waals surface area contributed by atoms with Crippen LogP contribution in [0.2, 0.25) is 0 Å². The number of hydrogen-bond donors (Lipinski definition) is 1. The minimum atomic E-state index is -3.67. The first-order valence-electron chi connectivity index (χ1n) is 9.89. The smallest absolute Gasteiger partial charge is 0.244 e. The highest BCUT2D eigenvalue weighted by Crippen LogP contribution is 2.26. The number of carbonyl (C=O) groups is 1. The Bertz CT molecular complexity index is 962. The van der Waals surface area contributed by atoms with Crippen molar-refractivity contribution in [2.24, 2.45) is 0 Å². The molecule has 30 heavy (non-hydrogen) atoms. The molecule has 0 aliphatic carbocycles. The Morgan fingerprint density at radius 2 is 1.53 bits per heavy atom. The lowest BCUT2D eigenvalue weighted by molar-refractivity contribution is -0.122. The van der Waals surface area contributed by atoms with E-state index in [-0.39, 0.29) is 17.4 Å². The highest BCUT2D eigenvalue weighted by molar-refractivity contribution is 7.92. The molecule has 0 saturated heterocycles. The number of ether oxygens (including phenoxy) is 1. The molecule has 0 bridgehead atoms. The number of rotatable bonds is 7. The van der Waals surface area contributed by atoms with Crippen molar-refractivity contribution < 1.29 is 17.9 Å². The molecule has 0 aromatic heterocycles. The normalized spacial score (nSPS) is 14.0. The molecule has 2 aromatic rings. The second kappa shape index (κ2) is 9.08. The van der Waals surface area contributed by atoms with Crippen LogP contribution < -0.4 is 14.4 Å². The highest BCUT2D eigenvalue weighted by Gasteiger charge is 2.30. The van der Waals surface area contributed by atoms with Gasteiger partial charge in [0, 0.05) is 0 Å². The first kappa shape index (κ1) is 23.7. The van der Waals surface area contributed by atoms with Crippen LogP contribution in [0, 0.1) is 0 Å². The fourth-order valence-corrected chi connectivity index (χ4v) is 4.40. The zero-order valence-corrected chi connectivity index (χ0v) is 19.6. The van der Waals surface area contributed by atoms with E-state index in [4.69, 9.17) is 4.74 Å². The van der Waals surface area contributed by atoms with E-state index in [0.29, 0.717) is 11.4 Å². The third-order valence-corrected chi connectivity index (χ3v) is 6.29. The summed E-state index contributed by atoms with van der Waals surface area (Å²) in [6.45, 7) is 9.90. The van der Waals surface area contributed by atoms with E-state index < -0.39 is 16.1 Å². The predicted molar refractivity (Wildman–Crippen MR) is 121 cm³/mol. The van der Waals surface area contributed by atoms with Gasteiger partial charge in [-0.05, 0) is 54.7 Å². The summed E-state index contributed by atoms with van der Waals surface area (Å²) in [5.74, 6) is 0.236. The number of nitrogens with zero attached hydrogens (tertiary/aromatic N) is 1. The number of anilines is 1. The van der Waals surface area contributed by atoms with Crippen molar-refractivity contribution in [3.63, 3.8) is 0 Å². The van der Waals surface area contributed by atoms with E-state index in [1.807, 2.05) is 19.1 Å². The Morgan fingerprint density at radius 1 is 1.00 bits per heavy atom. The Hall–Kier alpha value is -2.54. The lowest BCUT2D eigenvalue weighted by Crippen LogP contribution is -2.48. The molecule has 0 saturated carbocycles. The Morgan fingerprint density at radius 3 is 1.97 bits per heavy atom. The van der Waals surface area contributed by atoms with Gasteiger partial charge in [-0.15, -0.1) is 0 Å². The zero-order chi connectivity index (χ0) is 22.7. The molecule has 0 unspecified atom stereocenters. The molecule has 0 radical (unpaired) electrons. The number of amides is 1. The van der Waals surface area contributed by atoms with Gasteiger partial charge >= 0.3 is 0 Å². The molecule has 0 heterocycles. The summed E-state index contributed by atoms with van der Waals surface area (Å²) in [5.41, 5.74) is 2.62. The first-order chi connectivity index (χ1) is 13.8. The van der Waals surface area contributed by atoms with E-state index in [0.717, 1.165) is 16.1 Å². The van der Waals surface area contributed by atoms with Crippen LogP contribution in [0.4, 0.5) is 5.69 Å². The Labute approximate surface area is 180 Å². The summed E-state index contributed by atoms with van der Waals surface area (Å²) in [5, 5.41) is 2.93. The summed E-state index contributed by atoms with van der Waals surface area (Å²) in [4.78, 5) is 12.9. The van der Waals surface area contributed by atoms with E-state index in [1.165, 1.54) is 12.7 Å². The van der Waals surface area contributed by atoms with Crippen LogP contribution in [0.1, 0.15) is 51.8 Å². The summed E-state index contributed by atoms with van der Waals surface area (Å²) in [7, 11) is -2.14. The van der Waals surface area contributed by atoms with Crippen LogP contribution in [0.5, 0.6) is 5.75 Å². The molecule has 6 nitrogen and oxygen atoms in total. The molecule has 2 rings (SSSR count). The van der Waals surface area contributed by atoms with Gasteiger partial charge in [0.2, 0.25) is 15.9 Å². The molecule has 7 heteroatoms. The predicted octanol–water partition coefficient (Wildman–Crippen LogP) is 4.02. The van der Waals surface area contributed by atoms with Gasteiger partial charge in [0.05, 0.1) is 25.1 Å². The summed E-state index contributed by atoms with van der Waals surface area (Å²) < 4.78 is 31.1. The number of benzene rings is 2. The van der Waals surface area contributed by atoms with E-state index in [9.17, 15) is 13.2 Å². The second-order valence-corrected chi connectivity index (χ2v) is 10.4. The number of sulfonamides is 1. The number of methoxy groups -OCH3 is 1. The molecule has 1 N–H and O–H groups in total. The van der Waals surface area contributed by atoms with Crippen molar-refractivity contribution in [2.45, 2.75) is 52.1 Å². The third kappa shape index (κ3) is 5.75. The molecule has 0 fully saturated rings. The summed E-state index contributed by atoms with van der Waals surface area (Å²) in [6, 6.07) is 13.5. The summed E-state index contributed by atoms with van der Waals surface area (Å²) >= 11 is 0. The van der Waals surface area contributed by atoms with Gasteiger partial charge in [0.25, 0.3) is 0 Å². The molecule has 0 aliphatic heterocycles. The van der Waals surface area contributed by atoms with E-state index >= 15 is 0 Å². The average Bonchev–Trinajstić information content (AvgIpc) is 2.66. The Kier molecular flexibility index (Phi) is 7.18. The number of nitrogens with one attached hydrogen (secondary N) is 1. The standard InChI is InChI=1S/C23H32N2O4S/c1-16(18-8-10-19(11-9-18)23(3,4)5)24-22(26)17(2)25(30(7,27)28)20-12-14-21(29-6)15-13-20/h8-17H,1-7H3,(H,24,26)/t16-,17-/m1/s1. The molecule has 2 aromatic carbocycles. The molecular weight excluding hydrogens is 400 g/mol. The highest BCUT2D eigenvalue weighted by atomic mass is 32.2. The molecule has 164 valence electrons. The fourth-order valence-electron chi connectivity index (χ4n) is 3.23. The lowest BCUT2D eigenvalue weighted by Gasteiger charge is -2.29. The van der Waals surface area contributed by atoms with Gasteiger partial charge in [-0.1, -0.05) is 45.0 Å². The van der Waals surface area contributed by atoms with Gasteiger partial charge in [0.1, 0.15) is 11.8 Å². The Balaban J connectivity index is 2.20. The fraction of sp³-hybridized carbons (Fsp3) is 0.435. The van der Waals surface area contributed by atoms with E-state index in [1.54, 1.807) is 31.2 Å². The van der Waals surface area contributed by atoms with Crippen LogP contribution in [-0.2, 0) is 20.2 Å². The maximum absolute atomic E-state index is 12.9. The maximum Gasteiger partial charge on any atom is 0.244 e. The zero-order valence-electron chi connectivity index (χ0n) is 18.8. The average molecular weight is 433 g/mol. The van der Waals surface area contributed by atoms with Crippen molar-refractivity contribution >= 4 is 21.6 Å². The van der Waals surface area contributed by atoms with Crippen molar-refractivity contribution in [3.8, 4) is 5.75 Å². The maximum atomic E-state index is 12.9. The second-order valence-electron chi connectivity index (χ2n) is 8.54. The lowest BCUT2D eigenvalue weighted by atomic mass is 9.86. The molecule has 2 atom stereocenters. The SMILES string of the molecule is COc1ccc(N([C@H](C)C(=O)N[C@H](C)c2ccc(C(C)(C)C)cc2)S(C)(=O)=O)cc1. The molecule has 0 aliphatic rings. The molecular formula is C23H32N2O4S. The van der Waals surface area contributed by atoms with Crippen molar-refractivity contribution in [2.75, 3.05) is 17.7 Å². The first-order valence-corrected chi connectivity index (χ1v) is 11.7. The van der Waals surface area contributed by atoms with Gasteiger partial charge in [-0.25, -0.2) is 8.42 Å². The minimum Gasteiger partial charge on any atom is -0.497 e. The van der Waals surface area contributed by atoms with Crippen LogP contribution in [-0.4, -0.2) is 33.7 Å². The molecule has 1 amide bonds. The third-order valence-electron chi connectivity index (χ3n) is 5.05.